The maximum absolute atomic E-state index is 4.47. The summed E-state index contributed by atoms with van der Waals surface area (Å²) < 4.78 is 0. The zero-order chi connectivity index (χ0) is 11.7. The van der Waals surface area contributed by atoms with Crippen molar-refractivity contribution >= 4 is 17.0 Å². The molecule has 2 aromatic carbocycles. The highest BCUT2D eigenvalue weighted by Crippen LogP contribution is 2.25. The standard InChI is InChI=1S/C16H15N/c1-12-9-10-17-16(12)11-14-7-4-6-13-5-2-3-8-15(13)14/h2-8,10H,9,11H2,1H3. The molecule has 1 aliphatic rings. The van der Waals surface area contributed by atoms with Gasteiger partial charge < -0.3 is 0 Å². The van der Waals surface area contributed by atoms with Gasteiger partial charge in [0.2, 0.25) is 0 Å². The van der Waals surface area contributed by atoms with Gasteiger partial charge in [0, 0.05) is 24.8 Å². The Labute approximate surface area is 102 Å². The van der Waals surface area contributed by atoms with Crippen LogP contribution in [0, 0.1) is 0 Å². The fourth-order valence-corrected chi connectivity index (χ4v) is 2.34. The van der Waals surface area contributed by atoms with Gasteiger partial charge in [-0.05, 0) is 28.8 Å². The van der Waals surface area contributed by atoms with Crippen LogP contribution < -0.4 is 0 Å². The summed E-state index contributed by atoms with van der Waals surface area (Å²) in [5.74, 6) is 0. The smallest absolute Gasteiger partial charge is 0.0436 e. The topological polar surface area (TPSA) is 12.4 Å². The lowest BCUT2D eigenvalue weighted by Crippen LogP contribution is -1.90. The molecule has 0 saturated carbocycles. The van der Waals surface area contributed by atoms with Crippen molar-refractivity contribution in [1.82, 2.24) is 0 Å². The summed E-state index contributed by atoms with van der Waals surface area (Å²) in [6.45, 7) is 2.17. The molecule has 0 aromatic heterocycles. The predicted octanol–water partition coefficient (Wildman–Crippen LogP) is 4.13. The maximum atomic E-state index is 4.47. The van der Waals surface area contributed by atoms with Crippen molar-refractivity contribution < 1.29 is 0 Å². The number of allylic oxidation sites excluding steroid dienone is 2. The van der Waals surface area contributed by atoms with E-state index in [4.69, 9.17) is 0 Å². The molecule has 1 nitrogen and oxygen atoms in total. The van der Waals surface area contributed by atoms with Gasteiger partial charge in [-0.1, -0.05) is 42.5 Å². The van der Waals surface area contributed by atoms with Crippen LogP contribution in [-0.2, 0) is 6.42 Å². The van der Waals surface area contributed by atoms with Crippen LogP contribution in [0.5, 0.6) is 0 Å². The molecule has 0 amide bonds. The third kappa shape index (κ3) is 1.89. The number of rotatable bonds is 2. The molecule has 0 atom stereocenters. The monoisotopic (exact) mass is 221 g/mol. The molecule has 84 valence electrons. The molecule has 0 N–H and O–H groups in total. The first-order chi connectivity index (χ1) is 8.34. The molecule has 0 unspecified atom stereocenters. The normalized spacial score (nSPS) is 14.9. The molecule has 17 heavy (non-hydrogen) atoms. The van der Waals surface area contributed by atoms with Gasteiger partial charge in [-0.25, -0.2) is 0 Å². The van der Waals surface area contributed by atoms with E-state index in [9.17, 15) is 0 Å². The highest BCUT2D eigenvalue weighted by molar-refractivity contribution is 5.86. The molecule has 0 saturated heterocycles. The van der Waals surface area contributed by atoms with Crippen molar-refractivity contribution in [1.29, 1.82) is 0 Å². The highest BCUT2D eigenvalue weighted by atomic mass is 14.8. The summed E-state index contributed by atoms with van der Waals surface area (Å²) in [4.78, 5) is 4.47. The maximum Gasteiger partial charge on any atom is 0.0436 e. The number of benzene rings is 2. The van der Waals surface area contributed by atoms with Crippen molar-refractivity contribution in [3.63, 3.8) is 0 Å². The molecule has 1 aliphatic heterocycles. The van der Waals surface area contributed by atoms with Crippen LogP contribution >= 0.6 is 0 Å². The average molecular weight is 221 g/mol. The van der Waals surface area contributed by atoms with Crippen molar-refractivity contribution in [2.45, 2.75) is 19.8 Å². The Balaban J connectivity index is 2.06. The Kier molecular flexibility index (Phi) is 2.52. The fraction of sp³-hybridized carbons (Fsp3) is 0.188. The summed E-state index contributed by atoms with van der Waals surface area (Å²) >= 11 is 0. The van der Waals surface area contributed by atoms with E-state index < -0.39 is 0 Å². The highest BCUT2D eigenvalue weighted by Gasteiger charge is 2.08. The molecule has 0 fully saturated rings. The van der Waals surface area contributed by atoms with E-state index in [1.165, 1.54) is 27.6 Å². The van der Waals surface area contributed by atoms with E-state index in [2.05, 4.69) is 54.4 Å². The van der Waals surface area contributed by atoms with Crippen LogP contribution in [0.1, 0.15) is 18.9 Å². The number of hydrogen-bond donors (Lipinski definition) is 0. The van der Waals surface area contributed by atoms with E-state index in [0.29, 0.717) is 0 Å². The summed E-state index contributed by atoms with van der Waals surface area (Å²) in [7, 11) is 0. The first-order valence-electron chi connectivity index (χ1n) is 6.02. The van der Waals surface area contributed by atoms with Crippen LogP contribution in [-0.4, -0.2) is 6.21 Å². The van der Waals surface area contributed by atoms with E-state index in [0.717, 1.165) is 12.8 Å². The summed E-state index contributed by atoms with van der Waals surface area (Å²) in [5.41, 5.74) is 4.01. The first-order valence-corrected chi connectivity index (χ1v) is 6.02. The Bertz CT molecular complexity index is 615. The molecular formula is C16H15N. The van der Waals surface area contributed by atoms with Crippen molar-refractivity contribution in [3.8, 4) is 0 Å². The second kappa shape index (κ2) is 4.17. The minimum Gasteiger partial charge on any atom is -0.265 e. The zero-order valence-corrected chi connectivity index (χ0v) is 9.98. The summed E-state index contributed by atoms with van der Waals surface area (Å²) in [6.07, 6.45) is 3.97. The van der Waals surface area contributed by atoms with Gasteiger partial charge in [0.25, 0.3) is 0 Å². The molecular weight excluding hydrogens is 206 g/mol. The Hall–Kier alpha value is -1.89. The number of hydrogen-bond acceptors (Lipinski definition) is 1. The lowest BCUT2D eigenvalue weighted by Gasteiger charge is -2.07. The fourth-order valence-electron chi connectivity index (χ4n) is 2.34. The van der Waals surface area contributed by atoms with Gasteiger partial charge in [0.1, 0.15) is 0 Å². The molecule has 1 heteroatoms. The van der Waals surface area contributed by atoms with E-state index in [1.807, 2.05) is 6.21 Å². The average Bonchev–Trinajstić information content (AvgIpc) is 2.76. The molecule has 0 spiro atoms. The van der Waals surface area contributed by atoms with Gasteiger partial charge in [0.15, 0.2) is 0 Å². The lowest BCUT2D eigenvalue weighted by atomic mass is 10.00. The zero-order valence-electron chi connectivity index (χ0n) is 9.98. The lowest BCUT2D eigenvalue weighted by molar-refractivity contribution is 1.09. The second-order valence-electron chi connectivity index (χ2n) is 4.56. The van der Waals surface area contributed by atoms with Crippen LogP contribution in [0.15, 0.2) is 58.7 Å². The minimum absolute atomic E-state index is 0.948. The number of nitrogens with zero attached hydrogens (tertiary/aromatic N) is 1. The quantitative estimate of drug-likeness (QED) is 0.723. The molecule has 3 rings (SSSR count). The molecule has 1 heterocycles. The van der Waals surface area contributed by atoms with Crippen LogP contribution in [0.3, 0.4) is 0 Å². The van der Waals surface area contributed by atoms with Gasteiger partial charge >= 0.3 is 0 Å². The van der Waals surface area contributed by atoms with E-state index >= 15 is 0 Å². The molecule has 0 aliphatic carbocycles. The van der Waals surface area contributed by atoms with Crippen LogP contribution in [0.25, 0.3) is 10.8 Å². The van der Waals surface area contributed by atoms with Crippen molar-refractivity contribution in [2.75, 3.05) is 0 Å². The SMILES string of the molecule is CC1=C(Cc2cccc3ccccc23)N=CC1. The van der Waals surface area contributed by atoms with Crippen LogP contribution in [0.2, 0.25) is 0 Å². The first kappa shape index (κ1) is 10.3. The van der Waals surface area contributed by atoms with Gasteiger partial charge in [0.05, 0.1) is 0 Å². The van der Waals surface area contributed by atoms with E-state index in [1.54, 1.807) is 0 Å². The Morgan fingerprint density at radius 3 is 2.71 bits per heavy atom. The number of aliphatic imine (C=N–C) groups is 1. The van der Waals surface area contributed by atoms with Crippen molar-refractivity contribution in [2.24, 2.45) is 4.99 Å². The third-order valence-electron chi connectivity index (χ3n) is 3.38. The Morgan fingerprint density at radius 1 is 1.06 bits per heavy atom. The predicted molar refractivity (Wildman–Crippen MR) is 73.5 cm³/mol. The largest absolute Gasteiger partial charge is 0.265 e. The van der Waals surface area contributed by atoms with Crippen molar-refractivity contribution in [3.05, 3.63) is 59.3 Å². The molecule has 0 bridgehead atoms. The summed E-state index contributed by atoms with van der Waals surface area (Å²) in [5, 5.41) is 2.66. The minimum atomic E-state index is 0.948. The molecule has 0 radical (unpaired) electrons. The molecule has 2 aromatic rings. The van der Waals surface area contributed by atoms with Gasteiger partial charge in [-0.2, -0.15) is 0 Å². The second-order valence-corrected chi connectivity index (χ2v) is 4.56. The number of fused-ring (bicyclic) bond motifs is 1. The van der Waals surface area contributed by atoms with Crippen LogP contribution in [0.4, 0.5) is 0 Å². The van der Waals surface area contributed by atoms with E-state index in [-0.39, 0.29) is 0 Å². The van der Waals surface area contributed by atoms with Gasteiger partial charge in [-0.15, -0.1) is 0 Å². The Morgan fingerprint density at radius 2 is 1.88 bits per heavy atom. The third-order valence-corrected chi connectivity index (χ3v) is 3.38. The van der Waals surface area contributed by atoms with Gasteiger partial charge in [-0.3, -0.25) is 4.99 Å². The summed E-state index contributed by atoms with van der Waals surface area (Å²) in [6, 6.07) is 15.0.